The Bertz CT molecular complexity index is 195. The molecule has 0 unspecified atom stereocenters. The van der Waals surface area contributed by atoms with Crippen LogP contribution in [-0.4, -0.2) is 12.6 Å². The third-order valence-electron chi connectivity index (χ3n) is 2.25. The third kappa shape index (κ3) is 8.22. The molecule has 0 N–H and O–H groups in total. The van der Waals surface area contributed by atoms with E-state index in [9.17, 15) is 4.79 Å². The van der Waals surface area contributed by atoms with Gasteiger partial charge in [0.1, 0.15) is 0 Å². The molecule has 2 heteroatoms. The van der Waals surface area contributed by atoms with Crippen molar-refractivity contribution in [3.8, 4) is 0 Å². The molecule has 0 aliphatic rings. The summed E-state index contributed by atoms with van der Waals surface area (Å²) in [5, 5.41) is 0. The molecule has 0 bridgehead atoms. The molecular weight excluding hydrogens is 188 g/mol. The van der Waals surface area contributed by atoms with Gasteiger partial charge < -0.3 is 4.74 Å². The van der Waals surface area contributed by atoms with E-state index in [1.165, 1.54) is 12.0 Å². The Labute approximate surface area is 93.7 Å². The van der Waals surface area contributed by atoms with Crippen LogP contribution < -0.4 is 0 Å². The molecule has 0 fully saturated rings. The molecule has 0 saturated heterocycles. The minimum atomic E-state index is -0.0871. The van der Waals surface area contributed by atoms with E-state index < -0.39 is 0 Å². The summed E-state index contributed by atoms with van der Waals surface area (Å²) in [5.74, 6) is -0.0871. The Hall–Kier alpha value is -0.790. The van der Waals surface area contributed by atoms with Crippen molar-refractivity contribution in [2.24, 2.45) is 0 Å². The van der Waals surface area contributed by atoms with E-state index in [4.69, 9.17) is 4.74 Å². The number of allylic oxidation sites excluding steroid dienone is 1. The number of unbranched alkanes of at least 4 members (excludes halogenated alkanes) is 2. The van der Waals surface area contributed by atoms with E-state index in [-0.39, 0.29) is 5.97 Å². The summed E-state index contributed by atoms with van der Waals surface area (Å²) in [7, 11) is 0. The Morgan fingerprint density at radius 3 is 2.47 bits per heavy atom. The molecule has 0 spiro atoms. The van der Waals surface area contributed by atoms with E-state index in [0.29, 0.717) is 13.0 Å². The predicted molar refractivity (Wildman–Crippen MR) is 63.8 cm³/mol. The minimum Gasteiger partial charge on any atom is -0.466 e. The Morgan fingerprint density at radius 1 is 1.20 bits per heavy atom. The van der Waals surface area contributed by atoms with Crippen LogP contribution in [0.4, 0.5) is 0 Å². The molecule has 0 saturated carbocycles. The van der Waals surface area contributed by atoms with Crippen LogP contribution in [-0.2, 0) is 9.53 Å². The summed E-state index contributed by atoms with van der Waals surface area (Å²) < 4.78 is 4.95. The number of rotatable bonds is 8. The lowest BCUT2D eigenvalue weighted by atomic mass is 10.0. The average molecular weight is 212 g/mol. The Morgan fingerprint density at radius 2 is 1.93 bits per heavy atom. The zero-order chi connectivity index (χ0) is 11.5. The highest BCUT2D eigenvalue weighted by Crippen LogP contribution is 2.14. The largest absolute Gasteiger partial charge is 0.466 e. The summed E-state index contributed by atoms with van der Waals surface area (Å²) in [5.41, 5.74) is 1.25. The first-order chi connectivity index (χ1) is 7.24. The van der Waals surface area contributed by atoms with E-state index >= 15 is 0 Å². The SMILES string of the molecule is CCC/C=C(\CCCC)CC(=O)OCC. The monoisotopic (exact) mass is 212 g/mol. The lowest BCUT2D eigenvalue weighted by molar-refractivity contribution is -0.142. The van der Waals surface area contributed by atoms with Crippen molar-refractivity contribution in [1.29, 1.82) is 0 Å². The molecule has 0 radical (unpaired) electrons. The molecule has 0 heterocycles. The fourth-order valence-electron chi connectivity index (χ4n) is 1.41. The van der Waals surface area contributed by atoms with Crippen LogP contribution in [0.3, 0.4) is 0 Å². The molecule has 0 aromatic rings. The van der Waals surface area contributed by atoms with Crippen LogP contribution >= 0.6 is 0 Å². The molecular formula is C13H24O2. The summed E-state index contributed by atoms with van der Waals surface area (Å²) in [6.07, 6.45) is 8.26. The van der Waals surface area contributed by atoms with Crippen LogP contribution in [0, 0.1) is 0 Å². The molecule has 88 valence electrons. The van der Waals surface area contributed by atoms with Crippen LogP contribution in [0.25, 0.3) is 0 Å². The topological polar surface area (TPSA) is 26.3 Å². The second-order valence-electron chi connectivity index (χ2n) is 3.74. The van der Waals surface area contributed by atoms with Gasteiger partial charge in [-0.2, -0.15) is 0 Å². The van der Waals surface area contributed by atoms with Gasteiger partial charge in [-0.1, -0.05) is 38.3 Å². The third-order valence-corrected chi connectivity index (χ3v) is 2.25. The van der Waals surface area contributed by atoms with Crippen molar-refractivity contribution in [3.63, 3.8) is 0 Å². The lowest BCUT2D eigenvalue weighted by Gasteiger charge is -2.06. The molecule has 0 aliphatic heterocycles. The quantitative estimate of drug-likeness (QED) is 0.451. The normalized spacial score (nSPS) is 11.5. The fraction of sp³-hybridized carbons (Fsp3) is 0.769. The van der Waals surface area contributed by atoms with Gasteiger partial charge in [-0.25, -0.2) is 0 Å². The van der Waals surface area contributed by atoms with Crippen LogP contribution in [0.2, 0.25) is 0 Å². The number of hydrogen-bond donors (Lipinski definition) is 0. The van der Waals surface area contributed by atoms with Crippen molar-refractivity contribution < 1.29 is 9.53 Å². The average Bonchev–Trinajstić information content (AvgIpc) is 2.22. The van der Waals surface area contributed by atoms with E-state index in [1.807, 2.05) is 6.92 Å². The second kappa shape index (κ2) is 9.75. The van der Waals surface area contributed by atoms with Crippen molar-refractivity contribution in [2.45, 2.75) is 59.3 Å². The fourth-order valence-corrected chi connectivity index (χ4v) is 1.41. The van der Waals surface area contributed by atoms with Crippen molar-refractivity contribution in [2.75, 3.05) is 6.61 Å². The van der Waals surface area contributed by atoms with Gasteiger partial charge in [0, 0.05) is 0 Å². The second-order valence-corrected chi connectivity index (χ2v) is 3.74. The number of ether oxygens (including phenoxy) is 1. The first kappa shape index (κ1) is 14.2. The van der Waals surface area contributed by atoms with E-state index in [1.54, 1.807) is 0 Å². The van der Waals surface area contributed by atoms with Gasteiger partial charge in [0.25, 0.3) is 0 Å². The summed E-state index contributed by atoms with van der Waals surface area (Å²) >= 11 is 0. The summed E-state index contributed by atoms with van der Waals surface area (Å²) in [6, 6.07) is 0. The molecule has 0 rings (SSSR count). The van der Waals surface area contributed by atoms with Crippen molar-refractivity contribution in [3.05, 3.63) is 11.6 Å². The molecule has 0 atom stereocenters. The zero-order valence-electron chi connectivity index (χ0n) is 10.3. The van der Waals surface area contributed by atoms with Crippen molar-refractivity contribution >= 4 is 5.97 Å². The number of carbonyl (C=O) groups is 1. The van der Waals surface area contributed by atoms with Crippen LogP contribution in [0.5, 0.6) is 0 Å². The van der Waals surface area contributed by atoms with Crippen LogP contribution in [0.15, 0.2) is 11.6 Å². The molecule has 0 aliphatic carbocycles. The standard InChI is InChI=1S/C13H24O2/c1-4-7-9-12(10-8-5-2)11-13(14)15-6-3/h9H,4-8,10-11H2,1-3H3/b12-9+. The van der Waals surface area contributed by atoms with Crippen LogP contribution in [0.1, 0.15) is 59.3 Å². The molecule has 0 amide bonds. The van der Waals surface area contributed by atoms with E-state index in [2.05, 4.69) is 19.9 Å². The molecule has 2 nitrogen and oxygen atoms in total. The van der Waals surface area contributed by atoms with Gasteiger partial charge in [0.05, 0.1) is 13.0 Å². The highest BCUT2D eigenvalue weighted by atomic mass is 16.5. The maximum atomic E-state index is 11.3. The number of hydrogen-bond acceptors (Lipinski definition) is 2. The van der Waals surface area contributed by atoms with Gasteiger partial charge in [0.15, 0.2) is 0 Å². The highest BCUT2D eigenvalue weighted by Gasteiger charge is 2.05. The first-order valence-corrected chi connectivity index (χ1v) is 6.08. The highest BCUT2D eigenvalue weighted by molar-refractivity contribution is 5.72. The smallest absolute Gasteiger partial charge is 0.309 e. The zero-order valence-corrected chi connectivity index (χ0v) is 10.3. The van der Waals surface area contributed by atoms with Crippen molar-refractivity contribution in [1.82, 2.24) is 0 Å². The Balaban J connectivity index is 4.05. The molecule has 15 heavy (non-hydrogen) atoms. The summed E-state index contributed by atoms with van der Waals surface area (Å²) in [6.45, 7) is 6.65. The predicted octanol–water partition coefficient (Wildman–Crippen LogP) is 3.86. The Kier molecular flexibility index (Phi) is 9.24. The first-order valence-electron chi connectivity index (χ1n) is 6.08. The number of carbonyl (C=O) groups excluding carboxylic acids is 1. The van der Waals surface area contributed by atoms with Gasteiger partial charge in [-0.15, -0.1) is 0 Å². The van der Waals surface area contributed by atoms with Gasteiger partial charge >= 0.3 is 5.97 Å². The summed E-state index contributed by atoms with van der Waals surface area (Å²) in [4.78, 5) is 11.3. The van der Waals surface area contributed by atoms with Gasteiger partial charge in [-0.3, -0.25) is 4.79 Å². The van der Waals surface area contributed by atoms with E-state index in [0.717, 1.165) is 25.7 Å². The maximum Gasteiger partial charge on any atom is 0.309 e. The maximum absolute atomic E-state index is 11.3. The molecule has 0 aromatic heterocycles. The lowest BCUT2D eigenvalue weighted by Crippen LogP contribution is -2.05. The van der Waals surface area contributed by atoms with Gasteiger partial charge in [0.2, 0.25) is 0 Å². The number of esters is 1. The van der Waals surface area contributed by atoms with Gasteiger partial charge in [-0.05, 0) is 26.2 Å². The molecule has 0 aromatic carbocycles. The minimum absolute atomic E-state index is 0.0871.